The van der Waals surface area contributed by atoms with Gasteiger partial charge in [-0.25, -0.2) is 0 Å². The maximum atomic E-state index is 12.3. The maximum Gasteiger partial charge on any atom is 0.238 e. The molecule has 0 saturated carbocycles. The second-order valence-corrected chi connectivity index (χ2v) is 7.80. The molecule has 0 unspecified atom stereocenters. The molecule has 2 aliphatic rings. The van der Waals surface area contributed by atoms with Gasteiger partial charge in [-0.15, -0.1) is 11.8 Å². The Morgan fingerprint density at radius 3 is 2.31 bits per heavy atom. The Morgan fingerprint density at radius 1 is 1.00 bits per heavy atom. The lowest BCUT2D eigenvalue weighted by molar-refractivity contribution is -0.132. The second kappa shape index (κ2) is 9.39. The first-order valence-corrected chi connectivity index (χ1v) is 10.5. The molecule has 2 saturated heterocycles. The standard InChI is InChI=1S/C19H28N4O2S/c1-26-17-6-4-5-16(13-17)20-18(24)14-21-9-11-22(12-10-21)15-19(25)23-7-2-3-8-23/h4-6,13H,2-3,7-12,14-15H2,1H3,(H,20,24). The van der Waals surface area contributed by atoms with Gasteiger partial charge in [0.05, 0.1) is 13.1 Å². The van der Waals surface area contributed by atoms with Gasteiger partial charge in [-0.3, -0.25) is 19.4 Å². The van der Waals surface area contributed by atoms with Crippen molar-refractivity contribution in [3.8, 4) is 0 Å². The SMILES string of the molecule is CSc1cccc(NC(=O)CN2CCN(CC(=O)N3CCCC3)CC2)c1. The van der Waals surface area contributed by atoms with Crippen molar-refractivity contribution >= 4 is 29.3 Å². The van der Waals surface area contributed by atoms with E-state index >= 15 is 0 Å². The quantitative estimate of drug-likeness (QED) is 0.764. The molecule has 2 fully saturated rings. The summed E-state index contributed by atoms with van der Waals surface area (Å²) in [5.74, 6) is 0.271. The van der Waals surface area contributed by atoms with Gasteiger partial charge in [0.2, 0.25) is 11.8 Å². The fourth-order valence-corrected chi connectivity index (χ4v) is 3.93. The van der Waals surface area contributed by atoms with Crippen LogP contribution in [-0.4, -0.2) is 85.1 Å². The topological polar surface area (TPSA) is 55.9 Å². The third kappa shape index (κ3) is 5.46. The molecule has 1 N–H and O–H groups in total. The number of nitrogens with zero attached hydrogens (tertiary/aromatic N) is 3. The summed E-state index contributed by atoms with van der Waals surface area (Å²) in [6.07, 6.45) is 4.29. The molecule has 1 aromatic carbocycles. The fourth-order valence-electron chi connectivity index (χ4n) is 3.47. The summed E-state index contributed by atoms with van der Waals surface area (Å²) in [7, 11) is 0. The molecule has 26 heavy (non-hydrogen) atoms. The molecule has 6 nitrogen and oxygen atoms in total. The summed E-state index contributed by atoms with van der Waals surface area (Å²) in [5.41, 5.74) is 0.844. The number of carbonyl (C=O) groups excluding carboxylic acids is 2. The lowest BCUT2D eigenvalue weighted by Crippen LogP contribution is -2.51. The van der Waals surface area contributed by atoms with Crippen LogP contribution in [0.5, 0.6) is 0 Å². The molecule has 0 spiro atoms. The summed E-state index contributed by atoms with van der Waals surface area (Å²) >= 11 is 1.66. The number of thioether (sulfide) groups is 1. The number of nitrogens with one attached hydrogen (secondary N) is 1. The second-order valence-electron chi connectivity index (χ2n) is 6.92. The molecule has 0 atom stereocenters. The molecular formula is C19H28N4O2S. The minimum Gasteiger partial charge on any atom is -0.342 e. The van der Waals surface area contributed by atoms with Crippen LogP contribution in [0.15, 0.2) is 29.2 Å². The zero-order chi connectivity index (χ0) is 18.4. The van der Waals surface area contributed by atoms with Gasteiger partial charge < -0.3 is 10.2 Å². The smallest absolute Gasteiger partial charge is 0.238 e. The molecule has 0 aromatic heterocycles. The summed E-state index contributed by atoms with van der Waals surface area (Å²) in [5, 5.41) is 2.98. The third-order valence-electron chi connectivity index (χ3n) is 5.00. The Morgan fingerprint density at radius 2 is 1.65 bits per heavy atom. The minimum atomic E-state index is 0.0184. The van der Waals surface area contributed by atoms with Gasteiger partial charge in [0.1, 0.15) is 0 Å². The van der Waals surface area contributed by atoms with E-state index in [-0.39, 0.29) is 11.8 Å². The number of hydrogen-bond donors (Lipinski definition) is 1. The lowest BCUT2D eigenvalue weighted by atomic mass is 10.3. The Balaban J connectivity index is 1.39. The fraction of sp³-hybridized carbons (Fsp3) is 0.579. The van der Waals surface area contributed by atoms with Crippen molar-refractivity contribution < 1.29 is 9.59 Å². The predicted molar refractivity (Wildman–Crippen MR) is 106 cm³/mol. The van der Waals surface area contributed by atoms with E-state index in [1.54, 1.807) is 11.8 Å². The van der Waals surface area contributed by atoms with E-state index < -0.39 is 0 Å². The number of rotatable bonds is 6. The van der Waals surface area contributed by atoms with Crippen LogP contribution in [0.1, 0.15) is 12.8 Å². The van der Waals surface area contributed by atoms with Crippen LogP contribution < -0.4 is 5.32 Å². The molecule has 0 radical (unpaired) electrons. The number of benzene rings is 1. The summed E-state index contributed by atoms with van der Waals surface area (Å²) in [4.78, 5) is 32.0. The highest BCUT2D eigenvalue weighted by Gasteiger charge is 2.24. The van der Waals surface area contributed by atoms with Crippen molar-refractivity contribution in [3.05, 3.63) is 24.3 Å². The van der Waals surface area contributed by atoms with Crippen LogP contribution in [0.3, 0.4) is 0 Å². The summed E-state index contributed by atoms with van der Waals surface area (Å²) < 4.78 is 0. The average Bonchev–Trinajstić information content (AvgIpc) is 3.18. The zero-order valence-corrected chi connectivity index (χ0v) is 16.3. The molecule has 2 amide bonds. The monoisotopic (exact) mass is 376 g/mol. The summed E-state index contributed by atoms with van der Waals surface area (Å²) in [6.45, 7) is 6.08. The first-order chi connectivity index (χ1) is 12.6. The average molecular weight is 377 g/mol. The number of likely N-dealkylation sites (tertiary alicyclic amines) is 1. The van der Waals surface area contributed by atoms with Crippen molar-refractivity contribution in [1.29, 1.82) is 0 Å². The van der Waals surface area contributed by atoms with Crippen molar-refractivity contribution in [2.24, 2.45) is 0 Å². The third-order valence-corrected chi connectivity index (χ3v) is 5.73. The van der Waals surface area contributed by atoms with E-state index in [1.165, 1.54) is 0 Å². The van der Waals surface area contributed by atoms with Crippen LogP contribution in [0.25, 0.3) is 0 Å². The number of hydrogen-bond acceptors (Lipinski definition) is 5. The van der Waals surface area contributed by atoms with Gasteiger partial charge in [0, 0.05) is 49.9 Å². The lowest BCUT2D eigenvalue weighted by Gasteiger charge is -2.34. The Kier molecular flexibility index (Phi) is 6.93. The molecule has 1 aromatic rings. The van der Waals surface area contributed by atoms with Crippen LogP contribution in [-0.2, 0) is 9.59 Å². The highest BCUT2D eigenvalue weighted by molar-refractivity contribution is 7.98. The van der Waals surface area contributed by atoms with Gasteiger partial charge in [0.25, 0.3) is 0 Å². The van der Waals surface area contributed by atoms with E-state index in [2.05, 4.69) is 15.1 Å². The maximum absolute atomic E-state index is 12.3. The molecule has 142 valence electrons. The number of amides is 2. The van der Waals surface area contributed by atoms with Crippen molar-refractivity contribution in [3.63, 3.8) is 0 Å². The van der Waals surface area contributed by atoms with E-state index in [0.717, 1.165) is 62.7 Å². The number of carbonyl (C=O) groups is 2. The van der Waals surface area contributed by atoms with Crippen LogP contribution in [0.4, 0.5) is 5.69 Å². The zero-order valence-electron chi connectivity index (χ0n) is 15.4. The highest BCUT2D eigenvalue weighted by Crippen LogP contribution is 2.19. The Labute approximate surface area is 159 Å². The molecule has 2 heterocycles. The number of piperazine rings is 1. The van der Waals surface area contributed by atoms with Gasteiger partial charge in [0.15, 0.2) is 0 Å². The molecule has 7 heteroatoms. The van der Waals surface area contributed by atoms with Crippen LogP contribution in [0, 0.1) is 0 Å². The molecule has 0 aliphatic carbocycles. The molecule has 2 aliphatic heterocycles. The van der Waals surface area contributed by atoms with Gasteiger partial charge in [-0.1, -0.05) is 6.07 Å². The van der Waals surface area contributed by atoms with Crippen LogP contribution >= 0.6 is 11.8 Å². The minimum absolute atomic E-state index is 0.0184. The van der Waals surface area contributed by atoms with Crippen LogP contribution in [0.2, 0.25) is 0 Å². The predicted octanol–water partition coefficient (Wildman–Crippen LogP) is 1.59. The first-order valence-electron chi connectivity index (χ1n) is 9.30. The van der Waals surface area contributed by atoms with Gasteiger partial charge >= 0.3 is 0 Å². The van der Waals surface area contributed by atoms with E-state index in [9.17, 15) is 9.59 Å². The molecular weight excluding hydrogens is 348 g/mol. The van der Waals surface area contributed by atoms with E-state index in [1.807, 2.05) is 35.4 Å². The summed E-state index contributed by atoms with van der Waals surface area (Å²) in [6, 6.07) is 7.89. The van der Waals surface area contributed by atoms with Gasteiger partial charge in [-0.05, 0) is 37.3 Å². The van der Waals surface area contributed by atoms with Gasteiger partial charge in [-0.2, -0.15) is 0 Å². The number of anilines is 1. The van der Waals surface area contributed by atoms with E-state index in [4.69, 9.17) is 0 Å². The molecule has 0 bridgehead atoms. The first kappa shape index (κ1) is 19.2. The Hall–Kier alpha value is -1.57. The normalized spacial score (nSPS) is 18.9. The Bertz CT molecular complexity index is 626. The highest BCUT2D eigenvalue weighted by atomic mass is 32.2. The van der Waals surface area contributed by atoms with Crippen molar-refractivity contribution in [1.82, 2.24) is 14.7 Å². The largest absolute Gasteiger partial charge is 0.342 e. The van der Waals surface area contributed by atoms with Crippen molar-refractivity contribution in [2.45, 2.75) is 17.7 Å². The van der Waals surface area contributed by atoms with Crippen molar-refractivity contribution in [2.75, 3.05) is 63.9 Å². The molecule has 3 rings (SSSR count). The van der Waals surface area contributed by atoms with E-state index in [0.29, 0.717) is 13.1 Å².